The van der Waals surface area contributed by atoms with Crippen molar-refractivity contribution in [3.05, 3.63) is 114 Å². The van der Waals surface area contributed by atoms with Crippen molar-refractivity contribution < 1.29 is 21.6 Å². The maximum absolute atomic E-state index is 13.6. The fourth-order valence-electron chi connectivity index (χ4n) is 5.27. The first-order chi connectivity index (χ1) is 20.5. The lowest BCUT2D eigenvalue weighted by Gasteiger charge is -2.38. The van der Waals surface area contributed by atoms with Crippen LogP contribution in [0.5, 0.6) is 0 Å². The molecule has 43 heavy (non-hydrogen) atoms. The Hall–Kier alpha value is -4.10. The molecule has 5 rings (SSSR count). The minimum atomic E-state index is -4.11. The summed E-state index contributed by atoms with van der Waals surface area (Å²) >= 11 is 0. The number of aryl methyl sites for hydroxylation is 2. The molecule has 1 aliphatic heterocycles. The molecule has 3 aromatic carbocycles. The van der Waals surface area contributed by atoms with E-state index in [2.05, 4.69) is 15.1 Å². The van der Waals surface area contributed by atoms with E-state index in [1.54, 1.807) is 36.4 Å². The second-order valence-electron chi connectivity index (χ2n) is 10.3. The number of para-hydroxylation sites is 1. The van der Waals surface area contributed by atoms with Gasteiger partial charge in [-0.1, -0.05) is 54.6 Å². The number of sulfonamides is 2. The average Bonchev–Trinajstić information content (AvgIpc) is 3.29. The van der Waals surface area contributed by atoms with Crippen molar-refractivity contribution in [3.8, 4) is 5.69 Å². The number of piperazine rings is 1. The van der Waals surface area contributed by atoms with Gasteiger partial charge in [0.15, 0.2) is 0 Å². The van der Waals surface area contributed by atoms with E-state index in [0.717, 1.165) is 36.8 Å². The Morgan fingerprint density at radius 3 is 2.02 bits per heavy atom. The number of nitrogens with one attached hydrogen (secondary N) is 1. The lowest BCUT2D eigenvalue weighted by molar-refractivity contribution is -0.125. The van der Waals surface area contributed by atoms with Gasteiger partial charge in [-0.15, -0.1) is 0 Å². The molecule has 1 atom stereocenters. The second kappa shape index (κ2) is 12.3. The predicted molar refractivity (Wildman–Crippen MR) is 165 cm³/mol. The third-order valence-electron chi connectivity index (χ3n) is 7.53. The van der Waals surface area contributed by atoms with E-state index >= 15 is 0 Å². The quantitative estimate of drug-likeness (QED) is 0.239. The lowest BCUT2D eigenvalue weighted by atomic mass is 10.2. The number of benzene rings is 3. The number of hydrogen-bond donors (Lipinski definition) is 1. The zero-order chi connectivity index (χ0) is 30.8. The van der Waals surface area contributed by atoms with Crippen LogP contribution in [0.15, 0.2) is 106 Å². The maximum atomic E-state index is 13.6. The normalized spacial score (nSPS) is 16.9. The van der Waals surface area contributed by atoms with Crippen LogP contribution in [0.3, 0.4) is 0 Å². The Morgan fingerprint density at radius 1 is 0.814 bits per heavy atom. The highest BCUT2D eigenvalue weighted by molar-refractivity contribution is 7.89. The summed E-state index contributed by atoms with van der Waals surface area (Å²) in [6.07, 6.45) is 1.51. The van der Waals surface area contributed by atoms with Gasteiger partial charge in [0.05, 0.1) is 16.0 Å². The molecule has 1 fully saturated rings. The molecule has 10 nitrogen and oxygen atoms in total. The summed E-state index contributed by atoms with van der Waals surface area (Å²) in [7, 11) is -8.09. The Bertz CT molecular complexity index is 1870. The second-order valence-corrected chi connectivity index (χ2v) is 14.1. The van der Waals surface area contributed by atoms with Gasteiger partial charge in [0.2, 0.25) is 20.0 Å². The zero-order valence-electron chi connectivity index (χ0n) is 24.1. The van der Waals surface area contributed by atoms with Gasteiger partial charge >= 0.3 is 0 Å². The number of hydrazone groups is 1. The van der Waals surface area contributed by atoms with E-state index in [1.807, 2.05) is 51.1 Å². The molecule has 0 aliphatic carbocycles. The number of hydrogen-bond acceptors (Lipinski definition) is 6. The summed E-state index contributed by atoms with van der Waals surface area (Å²) in [4.78, 5) is 13.6. The van der Waals surface area contributed by atoms with Gasteiger partial charge < -0.3 is 4.57 Å². The number of rotatable bonds is 8. The number of nitrogens with zero attached hydrogens (tertiary/aromatic N) is 4. The van der Waals surface area contributed by atoms with Crippen molar-refractivity contribution in [1.82, 2.24) is 18.6 Å². The zero-order valence-corrected chi connectivity index (χ0v) is 25.7. The average molecular weight is 620 g/mol. The molecule has 0 unspecified atom stereocenters. The van der Waals surface area contributed by atoms with Crippen molar-refractivity contribution in [2.75, 3.05) is 19.6 Å². The minimum Gasteiger partial charge on any atom is -0.318 e. The molecular formula is C31H33N5O5S2. The highest BCUT2D eigenvalue weighted by Crippen LogP contribution is 2.26. The summed E-state index contributed by atoms with van der Waals surface area (Å²) in [6, 6.07) is 24.2. The van der Waals surface area contributed by atoms with Gasteiger partial charge in [0, 0.05) is 42.3 Å². The number of carbonyl (C=O) groups excluding carboxylic acids is 1. The fourth-order valence-corrected chi connectivity index (χ4v) is 8.32. The van der Waals surface area contributed by atoms with Crippen LogP contribution < -0.4 is 5.43 Å². The van der Waals surface area contributed by atoms with E-state index < -0.39 is 32.0 Å². The molecule has 1 aliphatic rings. The molecule has 0 saturated carbocycles. The molecule has 1 aromatic heterocycles. The Labute approximate surface area is 252 Å². The van der Waals surface area contributed by atoms with Gasteiger partial charge in [-0.05, 0) is 62.7 Å². The molecule has 1 N–H and O–H groups in total. The molecule has 1 amide bonds. The van der Waals surface area contributed by atoms with Gasteiger partial charge in [-0.2, -0.15) is 13.7 Å². The van der Waals surface area contributed by atoms with Crippen LogP contribution in [0.2, 0.25) is 0 Å². The smallest absolute Gasteiger partial charge is 0.259 e. The molecule has 1 saturated heterocycles. The maximum Gasteiger partial charge on any atom is 0.259 e. The van der Waals surface area contributed by atoms with E-state index in [4.69, 9.17) is 0 Å². The summed E-state index contributed by atoms with van der Waals surface area (Å²) in [6.45, 7) is 5.27. The largest absolute Gasteiger partial charge is 0.318 e. The summed E-state index contributed by atoms with van der Waals surface area (Å²) in [5.74, 6) is -0.739. The molecule has 0 spiro atoms. The van der Waals surface area contributed by atoms with Crippen molar-refractivity contribution >= 4 is 32.2 Å². The van der Waals surface area contributed by atoms with Crippen molar-refractivity contribution in [1.29, 1.82) is 0 Å². The first-order valence-corrected chi connectivity index (χ1v) is 16.6. The van der Waals surface area contributed by atoms with Crippen LogP contribution in [0.4, 0.5) is 0 Å². The van der Waals surface area contributed by atoms with Crippen LogP contribution in [0, 0.1) is 20.8 Å². The molecular weight excluding hydrogens is 587 g/mol. The fraction of sp³-hybridized carbons (Fsp3) is 0.226. The van der Waals surface area contributed by atoms with Crippen LogP contribution in [-0.4, -0.2) is 67.8 Å². The summed E-state index contributed by atoms with van der Waals surface area (Å²) in [5.41, 5.74) is 7.27. The monoisotopic (exact) mass is 619 g/mol. The predicted octanol–water partition coefficient (Wildman–Crippen LogP) is 3.62. The first-order valence-electron chi connectivity index (χ1n) is 13.7. The Kier molecular flexibility index (Phi) is 8.65. The van der Waals surface area contributed by atoms with Gasteiger partial charge in [-0.3, -0.25) is 4.79 Å². The Balaban J connectivity index is 1.42. The molecule has 0 radical (unpaired) electrons. The van der Waals surface area contributed by atoms with E-state index in [0.29, 0.717) is 0 Å². The lowest BCUT2D eigenvalue weighted by Crippen LogP contribution is -2.60. The van der Waals surface area contributed by atoms with Crippen molar-refractivity contribution in [3.63, 3.8) is 0 Å². The van der Waals surface area contributed by atoms with Crippen LogP contribution in [0.1, 0.15) is 22.5 Å². The third-order valence-corrected chi connectivity index (χ3v) is 11.3. The van der Waals surface area contributed by atoms with Crippen LogP contribution in [-0.2, 0) is 24.8 Å². The minimum absolute atomic E-state index is 0.0133. The van der Waals surface area contributed by atoms with E-state index in [9.17, 15) is 21.6 Å². The standard InChI is InChI=1S/C31H33N5O5S2/c1-23-12-10-11-17-29(23)36-24(2)20-26(25(36)3)21-32-33-31(37)30-22-34(42(38,39)27-13-6-4-7-14-27)18-19-35(30)43(40,41)28-15-8-5-9-16-28/h4-17,20-21,30H,18-19,22H2,1-3H3,(H,33,37)/b32-21-/t30-/m1/s1. The number of carbonyl (C=O) groups is 1. The van der Waals surface area contributed by atoms with E-state index in [1.165, 1.54) is 30.5 Å². The van der Waals surface area contributed by atoms with E-state index in [-0.39, 0.29) is 29.4 Å². The van der Waals surface area contributed by atoms with Crippen molar-refractivity contribution in [2.45, 2.75) is 36.6 Å². The van der Waals surface area contributed by atoms with Gasteiger partial charge in [0.1, 0.15) is 6.04 Å². The van der Waals surface area contributed by atoms with Gasteiger partial charge in [-0.25, -0.2) is 22.3 Å². The summed E-state index contributed by atoms with van der Waals surface area (Å²) in [5, 5.41) is 4.16. The molecule has 0 bridgehead atoms. The molecule has 4 aromatic rings. The van der Waals surface area contributed by atoms with Crippen molar-refractivity contribution in [2.24, 2.45) is 5.10 Å². The molecule has 2 heterocycles. The number of aromatic nitrogens is 1. The van der Waals surface area contributed by atoms with Gasteiger partial charge in [0.25, 0.3) is 5.91 Å². The Morgan fingerprint density at radius 2 is 1.40 bits per heavy atom. The number of amides is 1. The molecule has 12 heteroatoms. The molecule has 224 valence electrons. The first kappa shape index (κ1) is 30.4. The van der Waals surface area contributed by atoms with Crippen LogP contribution in [0.25, 0.3) is 5.69 Å². The topological polar surface area (TPSA) is 121 Å². The highest BCUT2D eigenvalue weighted by Gasteiger charge is 2.43. The SMILES string of the molecule is Cc1ccccc1-n1c(C)cc(/C=N\NC(=O)[C@H]2CN(S(=O)(=O)c3ccccc3)CCN2S(=O)(=O)c2ccccc2)c1C. The summed E-state index contributed by atoms with van der Waals surface area (Å²) < 4.78 is 58.3. The highest BCUT2D eigenvalue weighted by atomic mass is 32.2. The van der Waals surface area contributed by atoms with Crippen LogP contribution >= 0.6 is 0 Å². The third kappa shape index (κ3) is 6.04.